The van der Waals surface area contributed by atoms with Gasteiger partial charge in [0.15, 0.2) is 0 Å². The van der Waals surface area contributed by atoms with Crippen molar-refractivity contribution in [2.45, 2.75) is 64.7 Å². The van der Waals surface area contributed by atoms with Crippen molar-refractivity contribution in [3.05, 3.63) is 94.3 Å². The lowest BCUT2D eigenvalue weighted by Gasteiger charge is -2.24. The largest absolute Gasteiger partial charge is 0.496 e. The molecule has 1 fully saturated rings. The number of amides is 1. The molecule has 4 nitrogen and oxygen atoms in total. The smallest absolute Gasteiger partial charge is 0.416 e. The maximum atomic E-state index is 14.8. The molecular weight excluding hydrogens is 579 g/mol. The van der Waals surface area contributed by atoms with Crippen molar-refractivity contribution in [3.8, 4) is 16.9 Å². The van der Waals surface area contributed by atoms with Crippen molar-refractivity contribution in [1.82, 2.24) is 4.90 Å². The molecule has 2 atom stereocenters. The van der Waals surface area contributed by atoms with Gasteiger partial charge in [-0.05, 0) is 77.9 Å². The second kappa shape index (κ2) is 11.6. The summed E-state index contributed by atoms with van der Waals surface area (Å²) >= 11 is 0. The first-order valence-electron chi connectivity index (χ1n) is 13.4. The molecule has 0 bridgehead atoms. The van der Waals surface area contributed by atoms with E-state index in [0.717, 1.165) is 5.56 Å². The van der Waals surface area contributed by atoms with Crippen LogP contribution in [0.2, 0.25) is 0 Å². The fourth-order valence-electron chi connectivity index (χ4n) is 5.13. The number of hydrogen-bond donors (Lipinski definition) is 0. The molecule has 1 aliphatic rings. The number of carbonyl (C=O) groups is 1. The van der Waals surface area contributed by atoms with Gasteiger partial charge in [-0.15, -0.1) is 0 Å². The summed E-state index contributed by atoms with van der Waals surface area (Å²) in [6.07, 6.45) is -12.4. The molecule has 1 aliphatic heterocycles. The third-order valence-electron chi connectivity index (χ3n) is 7.50. The van der Waals surface area contributed by atoms with Gasteiger partial charge in [0.1, 0.15) is 17.7 Å². The van der Waals surface area contributed by atoms with Gasteiger partial charge in [-0.2, -0.15) is 26.3 Å². The van der Waals surface area contributed by atoms with Crippen LogP contribution in [0.1, 0.15) is 73.1 Å². The van der Waals surface area contributed by atoms with Crippen molar-refractivity contribution in [2.24, 2.45) is 0 Å². The molecule has 230 valence electrons. The van der Waals surface area contributed by atoms with Gasteiger partial charge < -0.3 is 9.47 Å². The van der Waals surface area contributed by atoms with E-state index in [9.17, 15) is 35.5 Å². The normalized spacial score (nSPS) is 17.4. The lowest BCUT2D eigenvalue weighted by Crippen LogP contribution is -2.31. The molecule has 0 radical (unpaired) electrons. The van der Waals surface area contributed by atoms with E-state index in [4.69, 9.17) is 9.47 Å². The highest BCUT2D eigenvalue weighted by Gasteiger charge is 2.43. The van der Waals surface area contributed by atoms with Gasteiger partial charge in [0.25, 0.3) is 0 Å². The molecule has 3 aromatic carbocycles. The zero-order valence-electron chi connectivity index (χ0n) is 24.1. The molecule has 1 saturated heterocycles. The highest BCUT2D eigenvalue weighted by molar-refractivity contribution is 5.78. The van der Waals surface area contributed by atoms with E-state index < -0.39 is 53.1 Å². The van der Waals surface area contributed by atoms with Gasteiger partial charge >= 0.3 is 18.4 Å². The third-order valence-corrected chi connectivity index (χ3v) is 7.50. The third kappa shape index (κ3) is 6.50. The standard InChI is InChI=1S/C32H30F7NO3/c1-16(2)19-7-8-24(26-13-25(17(3)4)27(33)14-28(26)42-6)21(9-19)15-40-18(5)29(43-30(40)41)20-10-22(31(34,35)36)12-23(11-20)32(37,38)39/h7-14,17-18,29H,1,15H2,2-6H3. The lowest BCUT2D eigenvalue weighted by molar-refractivity contribution is -0.143. The number of hydrogen-bond acceptors (Lipinski definition) is 3. The van der Waals surface area contributed by atoms with Crippen LogP contribution in [0.15, 0.2) is 55.1 Å². The summed E-state index contributed by atoms with van der Waals surface area (Å²) in [5.74, 6) is -0.370. The van der Waals surface area contributed by atoms with Crippen molar-refractivity contribution >= 4 is 11.7 Å². The first-order chi connectivity index (χ1) is 19.9. The minimum atomic E-state index is -5.05. The van der Waals surface area contributed by atoms with Gasteiger partial charge in [0, 0.05) is 11.6 Å². The number of rotatable bonds is 7. The maximum absolute atomic E-state index is 14.8. The predicted molar refractivity (Wildman–Crippen MR) is 148 cm³/mol. The number of cyclic esters (lactones) is 1. The molecule has 1 heterocycles. The van der Waals surface area contributed by atoms with Crippen LogP contribution in [0.4, 0.5) is 35.5 Å². The van der Waals surface area contributed by atoms with Crippen LogP contribution in [0.3, 0.4) is 0 Å². The maximum Gasteiger partial charge on any atom is 0.416 e. The Kier molecular flexibility index (Phi) is 8.59. The molecular formula is C32H30F7NO3. The van der Waals surface area contributed by atoms with Gasteiger partial charge in [-0.3, -0.25) is 4.90 Å². The van der Waals surface area contributed by atoms with Gasteiger partial charge in [0.05, 0.1) is 30.8 Å². The second-order valence-corrected chi connectivity index (χ2v) is 10.9. The van der Waals surface area contributed by atoms with Gasteiger partial charge in [-0.1, -0.05) is 38.1 Å². The molecule has 4 rings (SSSR count). The van der Waals surface area contributed by atoms with Crippen molar-refractivity contribution in [2.75, 3.05) is 7.11 Å². The number of allylic oxidation sites excluding steroid dienone is 1. The summed E-state index contributed by atoms with van der Waals surface area (Å²) in [6, 6.07) is 8.49. The minimum Gasteiger partial charge on any atom is -0.496 e. The Labute approximate surface area is 244 Å². The predicted octanol–water partition coefficient (Wildman–Crippen LogP) is 9.78. The van der Waals surface area contributed by atoms with E-state index in [1.807, 2.05) is 13.8 Å². The number of alkyl halides is 6. The van der Waals surface area contributed by atoms with Crippen LogP contribution in [0.5, 0.6) is 5.75 Å². The average Bonchev–Trinajstić information content (AvgIpc) is 3.19. The van der Waals surface area contributed by atoms with E-state index >= 15 is 0 Å². The van der Waals surface area contributed by atoms with Gasteiger partial charge in [-0.25, -0.2) is 9.18 Å². The summed E-state index contributed by atoms with van der Waals surface area (Å²) in [4.78, 5) is 14.3. The Morgan fingerprint density at radius 2 is 1.58 bits per heavy atom. The number of ether oxygens (including phenoxy) is 2. The Bertz CT molecular complexity index is 1530. The molecule has 0 N–H and O–H groups in total. The average molecular weight is 610 g/mol. The quantitative estimate of drug-likeness (QED) is 0.250. The monoisotopic (exact) mass is 609 g/mol. The highest BCUT2D eigenvalue weighted by atomic mass is 19.4. The fourth-order valence-corrected chi connectivity index (χ4v) is 5.13. The molecule has 2 unspecified atom stereocenters. The Morgan fingerprint density at radius 3 is 2.09 bits per heavy atom. The van der Waals surface area contributed by atoms with Crippen molar-refractivity contribution in [3.63, 3.8) is 0 Å². The van der Waals surface area contributed by atoms with Crippen molar-refractivity contribution in [1.29, 1.82) is 0 Å². The fraction of sp³-hybridized carbons (Fsp3) is 0.344. The van der Waals surface area contributed by atoms with Crippen molar-refractivity contribution < 1.29 is 45.0 Å². The number of halogens is 7. The first-order valence-corrected chi connectivity index (χ1v) is 13.4. The molecule has 0 aromatic heterocycles. The van der Waals surface area contributed by atoms with Crippen LogP contribution in [-0.4, -0.2) is 24.1 Å². The topological polar surface area (TPSA) is 38.8 Å². The second-order valence-electron chi connectivity index (χ2n) is 10.9. The van der Waals surface area contributed by atoms with Crippen LogP contribution in [0.25, 0.3) is 16.7 Å². The molecule has 0 aliphatic carbocycles. The summed E-state index contributed by atoms with van der Waals surface area (Å²) in [5.41, 5.74) is 0.136. The lowest BCUT2D eigenvalue weighted by atomic mass is 9.91. The zero-order valence-corrected chi connectivity index (χ0v) is 24.1. The van der Waals surface area contributed by atoms with E-state index in [0.29, 0.717) is 40.0 Å². The Morgan fingerprint density at radius 1 is 0.977 bits per heavy atom. The van der Waals surface area contributed by atoms with Crippen LogP contribution in [0, 0.1) is 5.82 Å². The number of carbonyl (C=O) groups excluding carboxylic acids is 1. The molecule has 1 amide bonds. The van der Waals surface area contributed by atoms with Crippen LogP contribution in [-0.2, 0) is 23.6 Å². The molecule has 0 saturated carbocycles. The number of nitrogens with zero attached hydrogens (tertiary/aromatic N) is 1. The molecule has 43 heavy (non-hydrogen) atoms. The van der Waals surface area contributed by atoms with Crippen LogP contribution >= 0.6 is 0 Å². The SMILES string of the molecule is C=C(C)c1ccc(-c2cc(C(C)C)c(F)cc2OC)c(CN2C(=O)OC(c3cc(C(F)(F)F)cc(C(F)(F)F)c3)C2C)c1. The molecule has 0 spiro atoms. The first kappa shape index (κ1) is 31.9. The van der Waals surface area contributed by atoms with Gasteiger partial charge in [0.2, 0.25) is 0 Å². The number of benzene rings is 3. The van der Waals surface area contributed by atoms with Crippen LogP contribution < -0.4 is 4.74 Å². The Hall–Kier alpha value is -4.02. The summed E-state index contributed by atoms with van der Waals surface area (Å²) < 4.78 is 107. The van der Waals surface area contributed by atoms with E-state index in [-0.39, 0.29) is 24.3 Å². The molecule has 11 heteroatoms. The molecule has 3 aromatic rings. The minimum absolute atomic E-state index is 0.0274. The van der Waals surface area contributed by atoms with E-state index in [2.05, 4.69) is 6.58 Å². The summed E-state index contributed by atoms with van der Waals surface area (Å²) in [7, 11) is 1.39. The van der Waals surface area contributed by atoms with E-state index in [1.54, 1.807) is 31.2 Å². The zero-order chi connectivity index (χ0) is 32.0. The summed E-state index contributed by atoms with van der Waals surface area (Å²) in [6.45, 7) is 10.8. The Balaban J connectivity index is 1.80. The summed E-state index contributed by atoms with van der Waals surface area (Å²) in [5, 5.41) is 0. The highest BCUT2D eigenvalue weighted by Crippen LogP contribution is 2.43. The number of methoxy groups -OCH3 is 1. The van der Waals surface area contributed by atoms with E-state index in [1.165, 1.54) is 25.0 Å².